The molecule has 168 valence electrons. The zero-order chi connectivity index (χ0) is 22.3. The molecule has 0 saturated carbocycles. The molecule has 0 radical (unpaired) electrons. The number of piperazine rings is 1. The summed E-state index contributed by atoms with van der Waals surface area (Å²) in [5.41, 5.74) is 1.13. The first-order chi connectivity index (χ1) is 14.9. The highest BCUT2D eigenvalue weighted by atomic mass is 32.2. The van der Waals surface area contributed by atoms with Crippen LogP contribution in [0.25, 0.3) is 0 Å². The highest BCUT2D eigenvalue weighted by Gasteiger charge is 2.28. The van der Waals surface area contributed by atoms with E-state index in [0.29, 0.717) is 50.8 Å². The number of nitrogens with zero attached hydrogens (tertiary/aromatic N) is 2. The van der Waals surface area contributed by atoms with Gasteiger partial charge in [0.25, 0.3) is 5.91 Å². The highest BCUT2D eigenvalue weighted by molar-refractivity contribution is 7.89. The standard InChI is InChI=1S/C22H29N3O5S/c1-18-3-5-20(6-4-18)30-17-22(26)23-11-12-24-13-15-25(16-14-24)31(27,28)21-9-7-19(29-2)8-10-21/h3-10H,11-17H2,1-2H3,(H,23,26). The number of carbonyl (C=O) groups excluding carboxylic acids is 1. The van der Waals surface area contributed by atoms with E-state index < -0.39 is 10.0 Å². The fourth-order valence-corrected chi connectivity index (χ4v) is 4.70. The molecule has 1 saturated heterocycles. The SMILES string of the molecule is COc1ccc(S(=O)(=O)N2CCN(CCNC(=O)COc3ccc(C)cc3)CC2)cc1. The third-order valence-electron chi connectivity index (χ3n) is 5.17. The first-order valence-corrected chi connectivity index (χ1v) is 11.7. The number of hydrogen-bond donors (Lipinski definition) is 1. The van der Waals surface area contributed by atoms with Crippen LogP contribution >= 0.6 is 0 Å². The van der Waals surface area contributed by atoms with Crippen molar-refractivity contribution in [2.24, 2.45) is 0 Å². The van der Waals surface area contributed by atoms with Crippen molar-refractivity contribution in [2.75, 3.05) is 53.0 Å². The van der Waals surface area contributed by atoms with Gasteiger partial charge in [-0.2, -0.15) is 4.31 Å². The Morgan fingerprint density at radius 2 is 1.58 bits per heavy atom. The van der Waals surface area contributed by atoms with E-state index >= 15 is 0 Å². The van der Waals surface area contributed by atoms with Crippen molar-refractivity contribution in [1.82, 2.24) is 14.5 Å². The summed E-state index contributed by atoms with van der Waals surface area (Å²) in [5, 5.41) is 2.84. The van der Waals surface area contributed by atoms with Crippen molar-refractivity contribution >= 4 is 15.9 Å². The van der Waals surface area contributed by atoms with E-state index in [4.69, 9.17) is 9.47 Å². The van der Waals surface area contributed by atoms with Crippen LogP contribution in [0.4, 0.5) is 0 Å². The van der Waals surface area contributed by atoms with Crippen LogP contribution in [0.3, 0.4) is 0 Å². The van der Waals surface area contributed by atoms with Crippen molar-refractivity contribution in [1.29, 1.82) is 0 Å². The predicted molar refractivity (Wildman–Crippen MR) is 118 cm³/mol. The van der Waals surface area contributed by atoms with Gasteiger partial charge in [0.1, 0.15) is 11.5 Å². The Morgan fingerprint density at radius 3 is 2.19 bits per heavy atom. The van der Waals surface area contributed by atoms with E-state index in [-0.39, 0.29) is 17.4 Å². The van der Waals surface area contributed by atoms with Gasteiger partial charge in [-0.15, -0.1) is 0 Å². The number of aryl methyl sites for hydroxylation is 1. The summed E-state index contributed by atoms with van der Waals surface area (Å²) in [6.07, 6.45) is 0. The second-order valence-corrected chi connectivity index (χ2v) is 9.31. The summed E-state index contributed by atoms with van der Waals surface area (Å²) in [7, 11) is -1.97. The average Bonchev–Trinajstić information content (AvgIpc) is 2.79. The summed E-state index contributed by atoms with van der Waals surface area (Å²) in [5.74, 6) is 1.10. The van der Waals surface area contributed by atoms with Gasteiger partial charge >= 0.3 is 0 Å². The summed E-state index contributed by atoms with van der Waals surface area (Å²) in [6.45, 7) is 5.17. The molecule has 2 aromatic carbocycles. The Balaban J connectivity index is 1.37. The molecule has 1 N–H and O–H groups in total. The summed E-state index contributed by atoms with van der Waals surface area (Å²) in [6, 6.07) is 14.0. The van der Waals surface area contributed by atoms with E-state index in [1.807, 2.05) is 31.2 Å². The number of methoxy groups -OCH3 is 1. The molecular formula is C22H29N3O5S. The molecule has 1 aliphatic heterocycles. The average molecular weight is 448 g/mol. The summed E-state index contributed by atoms with van der Waals surface area (Å²) >= 11 is 0. The fraction of sp³-hybridized carbons (Fsp3) is 0.409. The monoisotopic (exact) mass is 447 g/mol. The summed E-state index contributed by atoms with van der Waals surface area (Å²) < 4.78 is 37.7. The van der Waals surface area contributed by atoms with E-state index in [9.17, 15) is 13.2 Å². The second kappa shape index (κ2) is 10.6. The Hall–Kier alpha value is -2.62. The van der Waals surface area contributed by atoms with Crippen LogP contribution in [0.15, 0.2) is 53.4 Å². The van der Waals surface area contributed by atoms with E-state index in [1.165, 1.54) is 4.31 Å². The molecule has 1 aliphatic rings. The normalized spacial score (nSPS) is 15.4. The minimum atomic E-state index is -3.52. The van der Waals surface area contributed by atoms with Gasteiger partial charge in [0.15, 0.2) is 6.61 Å². The fourth-order valence-electron chi connectivity index (χ4n) is 3.28. The van der Waals surface area contributed by atoms with Crippen molar-refractivity contribution in [3.05, 3.63) is 54.1 Å². The molecule has 1 amide bonds. The number of hydrogen-bond acceptors (Lipinski definition) is 6. The van der Waals surface area contributed by atoms with Gasteiger partial charge in [-0.1, -0.05) is 17.7 Å². The smallest absolute Gasteiger partial charge is 0.257 e. The molecule has 3 rings (SSSR count). The quantitative estimate of drug-likeness (QED) is 0.627. The molecule has 8 nitrogen and oxygen atoms in total. The maximum Gasteiger partial charge on any atom is 0.257 e. The Kier molecular flexibility index (Phi) is 7.89. The lowest BCUT2D eigenvalue weighted by atomic mass is 10.2. The number of ether oxygens (including phenoxy) is 2. The minimum Gasteiger partial charge on any atom is -0.497 e. The van der Waals surface area contributed by atoms with Gasteiger partial charge in [-0.3, -0.25) is 9.69 Å². The highest BCUT2D eigenvalue weighted by Crippen LogP contribution is 2.20. The number of carbonyl (C=O) groups is 1. The molecule has 0 spiro atoms. The molecule has 1 heterocycles. The Morgan fingerprint density at radius 1 is 0.968 bits per heavy atom. The molecule has 0 unspecified atom stereocenters. The lowest BCUT2D eigenvalue weighted by molar-refractivity contribution is -0.123. The van der Waals surface area contributed by atoms with Crippen LogP contribution < -0.4 is 14.8 Å². The molecule has 1 fully saturated rings. The van der Waals surface area contributed by atoms with Crippen molar-refractivity contribution in [3.63, 3.8) is 0 Å². The van der Waals surface area contributed by atoms with Gasteiger partial charge in [-0.25, -0.2) is 8.42 Å². The maximum atomic E-state index is 12.8. The number of rotatable bonds is 9. The van der Waals surface area contributed by atoms with Gasteiger partial charge in [0.05, 0.1) is 12.0 Å². The van der Waals surface area contributed by atoms with E-state index in [1.54, 1.807) is 31.4 Å². The van der Waals surface area contributed by atoms with Gasteiger partial charge in [0, 0.05) is 39.3 Å². The molecular weight excluding hydrogens is 418 g/mol. The molecule has 9 heteroatoms. The lowest BCUT2D eigenvalue weighted by Gasteiger charge is -2.34. The molecule has 0 bridgehead atoms. The van der Waals surface area contributed by atoms with E-state index in [0.717, 1.165) is 5.56 Å². The van der Waals surface area contributed by atoms with Crippen molar-refractivity contribution in [2.45, 2.75) is 11.8 Å². The first kappa shape index (κ1) is 23.1. The minimum absolute atomic E-state index is 0.0308. The number of nitrogens with one attached hydrogen (secondary N) is 1. The summed E-state index contributed by atoms with van der Waals surface area (Å²) in [4.78, 5) is 14.4. The molecule has 0 aromatic heterocycles. The van der Waals surface area contributed by atoms with Crippen LogP contribution in [0, 0.1) is 6.92 Å². The molecule has 31 heavy (non-hydrogen) atoms. The van der Waals surface area contributed by atoms with E-state index in [2.05, 4.69) is 10.2 Å². The van der Waals surface area contributed by atoms with Gasteiger partial charge in [-0.05, 0) is 43.3 Å². The third-order valence-corrected chi connectivity index (χ3v) is 7.08. The van der Waals surface area contributed by atoms with Crippen LogP contribution in [-0.2, 0) is 14.8 Å². The zero-order valence-corrected chi connectivity index (χ0v) is 18.7. The molecule has 0 aliphatic carbocycles. The molecule has 0 atom stereocenters. The van der Waals surface area contributed by atoms with Crippen molar-refractivity contribution < 1.29 is 22.7 Å². The predicted octanol–water partition coefficient (Wildman–Crippen LogP) is 1.51. The first-order valence-electron chi connectivity index (χ1n) is 10.2. The van der Waals surface area contributed by atoms with Crippen LogP contribution in [0.5, 0.6) is 11.5 Å². The topological polar surface area (TPSA) is 88.2 Å². The van der Waals surface area contributed by atoms with Crippen LogP contribution in [0.1, 0.15) is 5.56 Å². The number of amides is 1. The zero-order valence-electron chi connectivity index (χ0n) is 17.9. The molecule has 2 aromatic rings. The van der Waals surface area contributed by atoms with Crippen LogP contribution in [0.2, 0.25) is 0 Å². The number of benzene rings is 2. The maximum absolute atomic E-state index is 12.8. The Labute approximate surface area is 183 Å². The van der Waals surface area contributed by atoms with Crippen LogP contribution in [-0.4, -0.2) is 76.5 Å². The Bertz CT molecular complexity index is 954. The van der Waals surface area contributed by atoms with Crippen molar-refractivity contribution in [3.8, 4) is 11.5 Å². The largest absolute Gasteiger partial charge is 0.497 e. The third kappa shape index (κ3) is 6.43. The number of sulfonamides is 1. The second-order valence-electron chi connectivity index (χ2n) is 7.37. The lowest BCUT2D eigenvalue weighted by Crippen LogP contribution is -2.50. The van der Waals surface area contributed by atoms with Gasteiger partial charge < -0.3 is 14.8 Å². The van der Waals surface area contributed by atoms with Gasteiger partial charge in [0.2, 0.25) is 10.0 Å².